The van der Waals surface area contributed by atoms with Crippen molar-refractivity contribution in [2.45, 2.75) is 11.3 Å². The first kappa shape index (κ1) is 13.8. The summed E-state index contributed by atoms with van der Waals surface area (Å²) in [6.07, 6.45) is 0.575. The first-order valence-corrected chi connectivity index (χ1v) is 7.78. The Kier molecular flexibility index (Phi) is 5.08. The largest absolute Gasteiger partial charge is 0.495 e. The van der Waals surface area contributed by atoms with E-state index in [1.165, 1.54) is 19.2 Å². The smallest absolute Gasteiger partial charge is 0.178 e. The monoisotopic (exact) mass is 326 g/mol. The van der Waals surface area contributed by atoms with Crippen molar-refractivity contribution in [2.75, 3.05) is 18.2 Å². The molecule has 1 aromatic carbocycles. The average molecular weight is 328 g/mol. The van der Waals surface area contributed by atoms with Crippen molar-refractivity contribution in [3.05, 3.63) is 23.2 Å². The van der Waals surface area contributed by atoms with E-state index in [-0.39, 0.29) is 10.6 Å². The van der Waals surface area contributed by atoms with Gasteiger partial charge in [-0.05, 0) is 24.6 Å². The molecule has 0 amide bonds. The molecule has 0 aliphatic heterocycles. The third kappa shape index (κ3) is 3.37. The third-order valence-corrected chi connectivity index (χ3v) is 4.68. The minimum Gasteiger partial charge on any atom is -0.495 e. The van der Waals surface area contributed by atoms with E-state index in [1.54, 1.807) is 6.07 Å². The van der Waals surface area contributed by atoms with E-state index in [9.17, 15) is 8.42 Å². The van der Waals surface area contributed by atoms with Crippen LogP contribution in [0.2, 0.25) is 5.02 Å². The highest BCUT2D eigenvalue weighted by atomic mass is 79.9. The molecule has 0 heterocycles. The molecular formula is C10H12BrClO3S. The van der Waals surface area contributed by atoms with Crippen molar-refractivity contribution in [1.82, 2.24) is 0 Å². The second-order valence-electron chi connectivity index (χ2n) is 3.16. The normalized spacial score (nSPS) is 11.4. The van der Waals surface area contributed by atoms with Gasteiger partial charge in [0.1, 0.15) is 5.75 Å². The van der Waals surface area contributed by atoms with E-state index in [1.807, 2.05) is 0 Å². The number of hydrogen-bond acceptors (Lipinski definition) is 3. The SMILES string of the molecule is COc1ccc(S(=O)(=O)CCCBr)cc1Cl. The molecule has 0 atom stereocenters. The Balaban J connectivity index is 3.01. The van der Waals surface area contributed by atoms with E-state index in [0.717, 1.165) is 0 Å². The lowest BCUT2D eigenvalue weighted by Gasteiger charge is -2.06. The fourth-order valence-electron chi connectivity index (χ4n) is 1.20. The molecule has 0 aliphatic rings. The van der Waals surface area contributed by atoms with Gasteiger partial charge in [-0.25, -0.2) is 8.42 Å². The highest BCUT2D eigenvalue weighted by Gasteiger charge is 2.15. The van der Waals surface area contributed by atoms with Crippen LogP contribution in [0.1, 0.15) is 6.42 Å². The number of hydrogen-bond donors (Lipinski definition) is 0. The maximum atomic E-state index is 11.8. The molecule has 0 unspecified atom stereocenters. The van der Waals surface area contributed by atoms with E-state index in [0.29, 0.717) is 22.5 Å². The molecule has 0 aromatic heterocycles. The fraction of sp³-hybridized carbons (Fsp3) is 0.400. The molecule has 16 heavy (non-hydrogen) atoms. The molecule has 6 heteroatoms. The standard InChI is InChI=1S/C10H12BrClO3S/c1-15-10-4-3-8(7-9(10)12)16(13,14)6-2-5-11/h3-4,7H,2,5-6H2,1H3. The van der Waals surface area contributed by atoms with E-state index in [4.69, 9.17) is 16.3 Å². The van der Waals surface area contributed by atoms with Crippen molar-refractivity contribution in [1.29, 1.82) is 0 Å². The lowest BCUT2D eigenvalue weighted by molar-refractivity contribution is 0.414. The number of methoxy groups -OCH3 is 1. The van der Waals surface area contributed by atoms with Crippen molar-refractivity contribution in [3.8, 4) is 5.75 Å². The van der Waals surface area contributed by atoms with E-state index in [2.05, 4.69) is 15.9 Å². The third-order valence-electron chi connectivity index (χ3n) is 2.03. The minimum absolute atomic E-state index is 0.112. The lowest BCUT2D eigenvalue weighted by Crippen LogP contribution is -2.07. The zero-order chi connectivity index (χ0) is 12.2. The van der Waals surface area contributed by atoms with Crippen molar-refractivity contribution < 1.29 is 13.2 Å². The van der Waals surface area contributed by atoms with Gasteiger partial charge in [0.15, 0.2) is 9.84 Å². The number of rotatable bonds is 5. The van der Waals surface area contributed by atoms with Gasteiger partial charge in [0.25, 0.3) is 0 Å². The number of alkyl halides is 1. The van der Waals surface area contributed by atoms with Crippen LogP contribution in [0.15, 0.2) is 23.1 Å². The first-order chi connectivity index (χ1) is 7.51. The molecule has 0 saturated heterocycles. The van der Waals surface area contributed by atoms with E-state index >= 15 is 0 Å². The Hall–Kier alpha value is -0.260. The molecule has 1 rings (SSSR count). The van der Waals surface area contributed by atoms with Gasteiger partial charge >= 0.3 is 0 Å². The van der Waals surface area contributed by atoms with Gasteiger partial charge in [0, 0.05) is 5.33 Å². The number of benzene rings is 1. The van der Waals surface area contributed by atoms with Crippen LogP contribution in [-0.4, -0.2) is 26.6 Å². The summed E-state index contributed by atoms with van der Waals surface area (Å²) in [5.74, 6) is 0.585. The molecule has 0 radical (unpaired) electrons. The molecule has 0 bridgehead atoms. The molecular weight excluding hydrogens is 316 g/mol. The minimum atomic E-state index is -3.24. The predicted molar refractivity (Wildman–Crippen MR) is 68.5 cm³/mol. The van der Waals surface area contributed by atoms with Gasteiger partial charge in [-0.3, -0.25) is 0 Å². The van der Waals surface area contributed by atoms with Crippen LogP contribution in [0.5, 0.6) is 5.75 Å². The van der Waals surface area contributed by atoms with Crippen LogP contribution >= 0.6 is 27.5 Å². The first-order valence-electron chi connectivity index (χ1n) is 4.63. The second kappa shape index (κ2) is 5.89. The van der Waals surface area contributed by atoms with Crippen molar-refractivity contribution in [3.63, 3.8) is 0 Å². The maximum Gasteiger partial charge on any atom is 0.178 e. The molecule has 0 saturated carbocycles. The zero-order valence-electron chi connectivity index (χ0n) is 8.74. The summed E-state index contributed by atoms with van der Waals surface area (Å²) in [7, 11) is -1.75. The van der Waals surface area contributed by atoms with Crippen LogP contribution < -0.4 is 4.74 Å². The van der Waals surface area contributed by atoms with Crippen molar-refractivity contribution in [2.24, 2.45) is 0 Å². The van der Waals surface area contributed by atoms with Gasteiger partial charge in [-0.1, -0.05) is 27.5 Å². The van der Waals surface area contributed by atoms with Gasteiger partial charge in [0.05, 0.1) is 22.8 Å². The summed E-state index contributed by atoms with van der Waals surface area (Å²) < 4.78 is 28.6. The number of ether oxygens (including phenoxy) is 1. The predicted octanol–water partition coefficient (Wildman–Crippen LogP) is 2.91. The highest BCUT2D eigenvalue weighted by molar-refractivity contribution is 9.09. The second-order valence-corrected chi connectivity index (χ2v) is 6.47. The molecule has 90 valence electrons. The van der Waals surface area contributed by atoms with E-state index < -0.39 is 9.84 Å². The highest BCUT2D eigenvalue weighted by Crippen LogP contribution is 2.27. The molecule has 1 aromatic rings. The summed E-state index contributed by atoms with van der Waals surface area (Å²) in [4.78, 5) is 0.235. The zero-order valence-corrected chi connectivity index (χ0v) is 11.9. The summed E-state index contributed by atoms with van der Waals surface area (Å²) in [5.41, 5.74) is 0. The van der Waals surface area contributed by atoms with Crippen LogP contribution in [0.4, 0.5) is 0 Å². The lowest BCUT2D eigenvalue weighted by atomic mass is 10.3. The van der Waals surface area contributed by atoms with Crippen LogP contribution in [0.25, 0.3) is 0 Å². The molecule has 0 spiro atoms. The molecule has 3 nitrogen and oxygen atoms in total. The summed E-state index contributed by atoms with van der Waals surface area (Å²) >= 11 is 9.07. The topological polar surface area (TPSA) is 43.4 Å². The number of sulfone groups is 1. The molecule has 0 fully saturated rings. The summed E-state index contributed by atoms with van der Waals surface area (Å²) in [5, 5.41) is 0.971. The Morgan fingerprint density at radius 3 is 2.62 bits per heavy atom. The average Bonchev–Trinajstić information content (AvgIpc) is 2.26. The van der Waals surface area contributed by atoms with Crippen LogP contribution in [0.3, 0.4) is 0 Å². The Morgan fingerprint density at radius 1 is 1.44 bits per heavy atom. The van der Waals surface area contributed by atoms with Crippen molar-refractivity contribution >= 4 is 37.4 Å². The fourth-order valence-corrected chi connectivity index (χ4v) is 3.51. The summed E-state index contributed by atoms with van der Waals surface area (Å²) in [6.45, 7) is 0. The molecule has 0 aliphatic carbocycles. The summed E-state index contributed by atoms with van der Waals surface area (Å²) in [6, 6.07) is 4.49. The van der Waals surface area contributed by atoms with Gasteiger partial charge in [0.2, 0.25) is 0 Å². The maximum absolute atomic E-state index is 11.8. The Bertz CT molecular complexity index is 459. The van der Waals surface area contributed by atoms with Gasteiger partial charge in [-0.2, -0.15) is 0 Å². The van der Waals surface area contributed by atoms with Gasteiger partial charge < -0.3 is 4.74 Å². The van der Waals surface area contributed by atoms with Crippen LogP contribution in [0, 0.1) is 0 Å². The Labute approximate surface area is 109 Å². The van der Waals surface area contributed by atoms with Crippen LogP contribution in [-0.2, 0) is 9.84 Å². The quantitative estimate of drug-likeness (QED) is 0.781. The number of halogens is 2. The van der Waals surface area contributed by atoms with Gasteiger partial charge in [-0.15, -0.1) is 0 Å². The Morgan fingerprint density at radius 2 is 2.12 bits per heavy atom. The molecule has 0 N–H and O–H groups in total.